The Bertz CT molecular complexity index is 350. The van der Waals surface area contributed by atoms with Crippen molar-refractivity contribution in [3.63, 3.8) is 0 Å². The molecule has 1 aliphatic carbocycles. The Morgan fingerprint density at radius 3 is 2.44 bits per heavy atom. The van der Waals surface area contributed by atoms with Gasteiger partial charge in [-0.05, 0) is 43.9 Å². The van der Waals surface area contributed by atoms with Crippen molar-refractivity contribution < 1.29 is 4.79 Å². The summed E-state index contributed by atoms with van der Waals surface area (Å²) < 4.78 is 0. The third kappa shape index (κ3) is 2.40. The Balaban J connectivity index is 2.07. The van der Waals surface area contributed by atoms with Gasteiger partial charge in [-0.25, -0.2) is 0 Å². The first kappa shape index (κ1) is 13.8. The molecule has 0 spiro atoms. The summed E-state index contributed by atoms with van der Waals surface area (Å²) in [6, 6.07) is 0. The fourth-order valence-corrected chi connectivity index (χ4v) is 3.63. The Labute approximate surface area is 115 Å². The van der Waals surface area contributed by atoms with Crippen LogP contribution in [0.25, 0.3) is 0 Å². The van der Waals surface area contributed by atoms with Crippen LogP contribution in [-0.2, 0) is 4.79 Å². The number of amides is 1. The molecule has 102 valence electrons. The van der Waals surface area contributed by atoms with Gasteiger partial charge in [0.05, 0.1) is 10.4 Å². The SMILES string of the molecule is CC1CCCN(C(=O)C2(C(N)=S)CC(C)C2)CC1. The van der Waals surface area contributed by atoms with Gasteiger partial charge in [0.2, 0.25) is 5.91 Å². The third-order valence-electron chi connectivity index (χ3n) is 4.58. The van der Waals surface area contributed by atoms with Gasteiger partial charge in [-0.3, -0.25) is 4.79 Å². The highest BCUT2D eigenvalue weighted by Gasteiger charge is 2.52. The number of hydrogen-bond donors (Lipinski definition) is 1. The van der Waals surface area contributed by atoms with E-state index in [4.69, 9.17) is 18.0 Å². The minimum Gasteiger partial charge on any atom is -0.392 e. The van der Waals surface area contributed by atoms with Crippen molar-refractivity contribution in [3.05, 3.63) is 0 Å². The predicted octanol–water partition coefficient (Wildman–Crippen LogP) is 2.34. The van der Waals surface area contributed by atoms with E-state index in [9.17, 15) is 4.79 Å². The lowest BCUT2D eigenvalue weighted by molar-refractivity contribution is -0.144. The van der Waals surface area contributed by atoms with Crippen LogP contribution in [0.1, 0.15) is 46.0 Å². The van der Waals surface area contributed by atoms with Crippen molar-refractivity contribution >= 4 is 23.1 Å². The molecular formula is C14H24N2OS. The van der Waals surface area contributed by atoms with Crippen LogP contribution in [0.2, 0.25) is 0 Å². The zero-order valence-electron chi connectivity index (χ0n) is 11.4. The van der Waals surface area contributed by atoms with Crippen LogP contribution in [0.4, 0.5) is 0 Å². The molecule has 18 heavy (non-hydrogen) atoms. The maximum Gasteiger partial charge on any atom is 0.235 e. The number of hydrogen-bond acceptors (Lipinski definition) is 2. The van der Waals surface area contributed by atoms with Crippen LogP contribution in [0.3, 0.4) is 0 Å². The van der Waals surface area contributed by atoms with E-state index >= 15 is 0 Å². The van der Waals surface area contributed by atoms with Crippen LogP contribution in [-0.4, -0.2) is 28.9 Å². The van der Waals surface area contributed by atoms with Gasteiger partial charge in [-0.1, -0.05) is 26.1 Å². The standard InChI is InChI=1S/C14H24N2OS/c1-10-4-3-6-16(7-5-10)13(17)14(12(15)18)8-11(2)9-14/h10-11H,3-9H2,1-2H3,(H2,15,18). The topological polar surface area (TPSA) is 46.3 Å². The van der Waals surface area contributed by atoms with Gasteiger partial charge < -0.3 is 10.6 Å². The lowest BCUT2D eigenvalue weighted by atomic mass is 9.61. The summed E-state index contributed by atoms with van der Waals surface area (Å²) in [6.45, 7) is 6.18. The summed E-state index contributed by atoms with van der Waals surface area (Å²) in [5.41, 5.74) is 5.34. The van der Waals surface area contributed by atoms with Gasteiger partial charge in [0.1, 0.15) is 0 Å². The second kappa shape index (κ2) is 5.16. The van der Waals surface area contributed by atoms with Crippen LogP contribution in [0.5, 0.6) is 0 Å². The molecule has 2 fully saturated rings. The Morgan fingerprint density at radius 1 is 1.22 bits per heavy atom. The lowest BCUT2D eigenvalue weighted by Crippen LogP contribution is -2.57. The van der Waals surface area contributed by atoms with Crippen molar-refractivity contribution in [1.82, 2.24) is 4.90 Å². The first-order valence-electron chi connectivity index (χ1n) is 7.05. The molecule has 2 aliphatic rings. The maximum absolute atomic E-state index is 12.7. The molecule has 1 unspecified atom stereocenters. The average molecular weight is 268 g/mol. The molecule has 0 aromatic rings. The van der Waals surface area contributed by atoms with Crippen LogP contribution in [0, 0.1) is 17.3 Å². The molecule has 2 rings (SSSR count). The van der Waals surface area contributed by atoms with Crippen LogP contribution >= 0.6 is 12.2 Å². The summed E-state index contributed by atoms with van der Waals surface area (Å²) in [4.78, 5) is 15.1. The molecule has 0 aromatic carbocycles. The molecule has 0 radical (unpaired) electrons. The smallest absolute Gasteiger partial charge is 0.235 e. The van der Waals surface area contributed by atoms with E-state index in [0.29, 0.717) is 10.9 Å². The molecule has 3 nitrogen and oxygen atoms in total. The molecular weight excluding hydrogens is 244 g/mol. The minimum absolute atomic E-state index is 0.196. The normalized spacial score (nSPS) is 36.7. The van der Waals surface area contributed by atoms with E-state index in [1.165, 1.54) is 6.42 Å². The molecule has 1 atom stereocenters. The molecule has 1 heterocycles. The average Bonchev–Trinajstić information content (AvgIpc) is 2.48. The molecule has 2 N–H and O–H groups in total. The van der Waals surface area contributed by atoms with Crippen molar-refractivity contribution in [3.8, 4) is 0 Å². The third-order valence-corrected chi connectivity index (χ3v) is 4.97. The van der Waals surface area contributed by atoms with Gasteiger partial charge in [0.25, 0.3) is 0 Å². The van der Waals surface area contributed by atoms with Crippen LogP contribution < -0.4 is 5.73 Å². The zero-order valence-corrected chi connectivity index (χ0v) is 12.3. The van der Waals surface area contributed by atoms with Gasteiger partial charge in [-0.2, -0.15) is 0 Å². The van der Waals surface area contributed by atoms with Crippen LogP contribution in [0.15, 0.2) is 0 Å². The lowest BCUT2D eigenvalue weighted by Gasteiger charge is -2.46. The van der Waals surface area contributed by atoms with Crippen molar-refractivity contribution in [2.75, 3.05) is 13.1 Å². The van der Waals surface area contributed by atoms with Gasteiger partial charge in [0.15, 0.2) is 0 Å². The fourth-order valence-electron chi connectivity index (χ4n) is 3.38. The maximum atomic E-state index is 12.7. The van der Waals surface area contributed by atoms with Gasteiger partial charge in [0, 0.05) is 13.1 Å². The number of carbonyl (C=O) groups excluding carboxylic acids is 1. The quantitative estimate of drug-likeness (QED) is 0.782. The van der Waals surface area contributed by atoms with E-state index < -0.39 is 5.41 Å². The first-order valence-corrected chi connectivity index (χ1v) is 7.46. The number of nitrogens with zero attached hydrogens (tertiary/aromatic N) is 1. The summed E-state index contributed by atoms with van der Waals surface area (Å²) in [6.07, 6.45) is 5.12. The van der Waals surface area contributed by atoms with E-state index in [1.807, 2.05) is 4.90 Å². The molecule has 0 bridgehead atoms. The van der Waals surface area contributed by atoms with E-state index in [1.54, 1.807) is 0 Å². The number of rotatable bonds is 2. The molecule has 1 amide bonds. The number of thiocarbonyl (C=S) groups is 1. The zero-order chi connectivity index (χ0) is 13.3. The summed E-state index contributed by atoms with van der Waals surface area (Å²) in [7, 11) is 0. The molecule has 1 aliphatic heterocycles. The minimum atomic E-state index is -0.512. The number of nitrogens with two attached hydrogens (primary N) is 1. The van der Waals surface area contributed by atoms with Gasteiger partial charge in [-0.15, -0.1) is 0 Å². The van der Waals surface area contributed by atoms with Gasteiger partial charge >= 0.3 is 0 Å². The Kier molecular flexibility index (Phi) is 3.95. The number of carbonyl (C=O) groups is 1. The monoisotopic (exact) mass is 268 g/mol. The van der Waals surface area contributed by atoms with E-state index in [0.717, 1.165) is 44.7 Å². The second-order valence-corrected chi connectivity index (χ2v) is 6.73. The van der Waals surface area contributed by atoms with Crippen molar-refractivity contribution in [2.45, 2.75) is 46.0 Å². The molecule has 1 saturated heterocycles. The molecule has 0 aromatic heterocycles. The van der Waals surface area contributed by atoms with Crippen molar-refractivity contribution in [1.29, 1.82) is 0 Å². The highest BCUT2D eigenvalue weighted by molar-refractivity contribution is 7.80. The predicted molar refractivity (Wildman–Crippen MR) is 77.2 cm³/mol. The van der Waals surface area contributed by atoms with Crippen molar-refractivity contribution in [2.24, 2.45) is 23.0 Å². The molecule has 1 saturated carbocycles. The largest absolute Gasteiger partial charge is 0.392 e. The number of likely N-dealkylation sites (tertiary alicyclic amines) is 1. The Hall–Kier alpha value is -0.640. The highest BCUT2D eigenvalue weighted by Crippen LogP contribution is 2.47. The summed E-state index contributed by atoms with van der Waals surface area (Å²) in [5, 5.41) is 0. The summed E-state index contributed by atoms with van der Waals surface area (Å²) in [5.74, 6) is 1.49. The van der Waals surface area contributed by atoms with E-state index in [2.05, 4.69) is 13.8 Å². The fraction of sp³-hybridized carbons (Fsp3) is 0.857. The summed E-state index contributed by atoms with van der Waals surface area (Å²) >= 11 is 5.17. The second-order valence-electron chi connectivity index (χ2n) is 6.29. The Morgan fingerprint density at radius 2 is 1.89 bits per heavy atom. The van der Waals surface area contributed by atoms with E-state index in [-0.39, 0.29) is 5.91 Å². The first-order chi connectivity index (χ1) is 8.45. The molecule has 4 heteroatoms. The highest BCUT2D eigenvalue weighted by atomic mass is 32.1.